The number of ether oxygens (including phenoxy) is 1. The smallest absolute Gasteiger partial charge is 0.355 e. The van der Waals surface area contributed by atoms with Crippen molar-refractivity contribution in [3.63, 3.8) is 0 Å². The number of benzene rings is 2. The normalized spacial score (nSPS) is 12.1. The van der Waals surface area contributed by atoms with Gasteiger partial charge in [-0.1, -0.05) is 53.5 Å². The number of rotatable bonds is 6. The molecule has 1 amide bonds. The van der Waals surface area contributed by atoms with Gasteiger partial charge >= 0.3 is 5.97 Å². The number of carbonyl (C=O) groups is 2. The Morgan fingerprint density at radius 2 is 1.89 bits per heavy atom. The molecule has 5 nitrogen and oxygen atoms in total. The molecule has 0 bridgehead atoms. The van der Waals surface area contributed by atoms with Gasteiger partial charge in [-0.2, -0.15) is 0 Å². The molecule has 3 N–H and O–H groups in total. The zero-order valence-corrected chi connectivity index (χ0v) is 16.1. The van der Waals surface area contributed by atoms with E-state index in [4.69, 9.17) is 33.7 Å². The molecule has 2 aromatic carbocycles. The van der Waals surface area contributed by atoms with E-state index in [-0.39, 0.29) is 18.7 Å². The van der Waals surface area contributed by atoms with E-state index >= 15 is 0 Å². The molecule has 7 heteroatoms. The molecule has 140 valence electrons. The van der Waals surface area contributed by atoms with E-state index < -0.39 is 17.8 Å². The first kappa shape index (κ1) is 19.3. The molecule has 1 atom stereocenters. The number of nitrogens with two attached hydrogens (primary N) is 1. The first-order valence-corrected chi connectivity index (χ1v) is 9.19. The molecule has 1 heterocycles. The van der Waals surface area contributed by atoms with Crippen molar-refractivity contribution in [3.05, 3.63) is 69.3 Å². The fourth-order valence-electron chi connectivity index (χ4n) is 3.17. The Bertz CT molecular complexity index is 999. The number of H-pyrrole nitrogens is 1. The third kappa shape index (κ3) is 3.94. The molecule has 1 unspecified atom stereocenters. The van der Waals surface area contributed by atoms with Gasteiger partial charge in [0.05, 0.1) is 17.5 Å². The number of hydrogen-bond acceptors (Lipinski definition) is 3. The number of nitrogens with one attached hydrogen (secondary N) is 1. The molecule has 0 spiro atoms. The summed E-state index contributed by atoms with van der Waals surface area (Å²) >= 11 is 12.5. The lowest BCUT2D eigenvalue weighted by atomic mass is 9.90. The van der Waals surface area contributed by atoms with Crippen LogP contribution in [-0.4, -0.2) is 23.5 Å². The van der Waals surface area contributed by atoms with Crippen molar-refractivity contribution in [2.75, 3.05) is 6.61 Å². The van der Waals surface area contributed by atoms with E-state index in [9.17, 15) is 9.59 Å². The first-order chi connectivity index (χ1) is 12.9. The monoisotopic (exact) mass is 404 g/mol. The van der Waals surface area contributed by atoms with Crippen LogP contribution in [0.3, 0.4) is 0 Å². The fourth-order valence-corrected chi connectivity index (χ4v) is 3.78. The van der Waals surface area contributed by atoms with Crippen molar-refractivity contribution in [3.8, 4) is 0 Å². The van der Waals surface area contributed by atoms with Gasteiger partial charge in [0.2, 0.25) is 5.91 Å². The summed E-state index contributed by atoms with van der Waals surface area (Å²) in [5, 5.41) is 1.45. The summed E-state index contributed by atoms with van der Waals surface area (Å²) in [6.45, 7) is 1.94. The third-order valence-electron chi connectivity index (χ3n) is 4.35. The van der Waals surface area contributed by atoms with Gasteiger partial charge in [0, 0.05) is 15.9 Å². The molecule has 0 aliphatic rings. The summed E-state index contributed by atoms with van der Waals surface area (Å²) < 4.78 is 5.15. The second-order valence-electron chi connectivity index (χ2n) is 6.08. The van der Waals surface area contributed by atoms with Crippen molar-refractivity contribution < 1.29 is 14.3 Å². The highest BCUT2D eigenvalue weighted by atomic mass is 35.5. The zero-order chi connectivity index (χ0) is 19.6. The number of esters is 1. The Morgan fingerprint density at radius 1 is 1.19 bits per heavy atom. The van der Waals surface area contributed by atoms with Gasteiger partial charge in [-0.25, -0.2) is 4.79 Å². The minimum atomic E-state index is -0.620. The van der Waals surface area contributed by atoms with Crippen LogP contribution in [-0.2, 0) is 16.0 Å². The summed E-state index contributed by atoms with van der Waals surface area (Å²) in [5.74, 6) is -1.63. The number of fused-ring (bicyclic) bond motifs is 1. The van der Waals surface area contributed by atoms with E-state index in [1.807, 2.05) is 30.3 Å². The number of hydrogen-bond donors (Lipinski definition) is 2. The molecule has 0 fully saturated rings. The summed E-state index contributed by atoms with van der Waals surface area (Å²) in [6.07, 6.45) is 0.203. The van der Waals surface area contributed by atoms with Gasteiger partial charge in [-0.05, 0) is 36.6 Å². The molecule has 0 saturated heterocycles. The van der Waals surface area contributed by atoms with E-state index in [0.29, 0.717) is 26.5 Å². The molecule has 0 radical (unpaired) electrons. The Labute approximate surface area is 166 Å². The van der Waals surface area contributed by atoms with Crippen LogP contribution >= 0.6 is 23.2 Å². The largest absolute Gasteiger partial charge is 0.461 e. The second kappa shape index (κ2) is 8.03. The third-order valence-corrected chi connectivity index (χ3v) is 4.87. The summed E-state index contributed by atoms with van der Waals surface area (Å²) in [7, 11) is 0. The number of amides is 1. The molecule has 3 aromatic rings. The second-order valence-corrected chi connectivity index (χ2v) is 6.92. The average molecular weight is 405 g/mol. The van der Waals surface area contributed by atoms with Gasteiger partial charge in [0.25, 0.3) is 0 Å². The van der Waals surface area contributed by atoms with Crippen molar-refractivity contribution in [2.45, 2.75) is 19.3 Å². The van der Waals surface area contributed by atoms with Crippen LogP contribution in [0, 0.1) is 0 Å². The maximum atomic E-state index is 12.5. The Morgan fingerprint density at radius 3 is 2.52 bits per heavy atom. The van der Waals surface area contributed by atoms with Crippen molar-refractivity contribution in [1.29, 1.82) is 0 Å². The van der Waals surface area contributed by atoms with Crippen LogP contribution in [0.5, 0.6) is 0 Å². The van der Waals surface area contributed by atoms with Crippen molar-refractivity contribution in [2.24, 2.45) is 5.73 Å². The molecule has 0 aliphatic heterocycles. The standard InChI is InChI=1S/C20H18Cl2N2O3/c1-2-27-20(26)18-14(17-15(22)8-12(21)9-16(17)24-18)10-13(19(23)25)11-6-4-3-5-7-11/h3-9,13,24H,2,10H2,1H3,(H2,23,25). The zero-order valence-electron chi connectivity index (χ0n) is 14.6. The maximum Gasteiger partial charge on any atom is 0.355 e. The van der Waals surface area contributed by atoms with E-state index in [1.165, 1.54) is 0 Å². The Kier molecular flexibility index (Phi) is 5.73. The van der Waals surface area contributed by atoms with Gasteiger partial charge in [0.1, 0.15) is 5.69 Å². The molecular weight excluding hydrogens is 387 g/mol. The van der Waals surface area contributed by atoms with E-state index in [2.05, 4.69) is 4.98 Å². The lowest BCUT2D eigenvalue weighted by Gasteiger charge is -2.15. The molecule has 3 rings (SSSR count). The minimum Gasteiger partial charge on any atom is -0.461 e. The van der Waals surface area contributed by atoms with Crippen LogP contribution in [0.25, 0.3) is 10.9 Å². The SMILES string of the molecule is CCOC(=O)c1[nH]c2cc(Cl)cc(Cl)c2c1CC(C(N)=O)c1ccccc1. The summed E-state index contributed by atoms with van der Waals surface area (Å²) in [5.41, 5.74) is 7.85. The first-order valence-electron chi connectivity index (χ1n) is 8.43. The van der Waals surface area contributed by atoms with Gasteiger partial charge in [0.15, 0.2) is 0 Å². The number of primary amides is 1. The van der Waals surface area contributed by atoms with Crippen LogP contribution < -0.4 is 5.73 Å². The fraction of sp³-hybridized carbons (Fsp3) is 0.200. The van der Waals surface area contributed by atoms with Crippen LogP contribution in [0.15, 0.2) is 42.5 Å². The van der Waals surface area contributed by atoms with E-state index in [0.717, 1.165) is 5.56 Å². The van der Waals surface area contributed by atoms with Gasteiger partial charge in [-0.15, -0.1) is 0 Å². The average Bonchev–Trinajstić information content (AvgIpc) is 2.99. The molecular formula is C20H18Cl2N2O3. The molecule has 0 aliphatic carbocycles. The number of aromatic amines is 1. The maximum absolute atomic E-state index is 12.5. The number of carbonyl (C=O) groups excluding carboxylic acids is 2. The van der Waals surface area contributed by atoms with Gasteiger partial charge in [-0.3, -0.25) is 4.79 Å². The molecule has 1 aromatic heterocycles. The predicted molar refractivity (Wildman–Crippen MR) is 106 cm³/mol. The lowest BCUT2D eigenvalue weighted by molar-refractivity contribution is -0.119. The highest BCUT2D eigenvalue weighted by Gasteiger charge is 2.26. The van der Waals surface area contributed by atoms with Crippen LogP contribution in [0.1, 0.15) is 34.5 Å². The molecule has 0 saturated carbocycles. The minimum absolute atomic E-state index is 0.203. The number of aromatic nitrogens is 1. The quantitative estimate of drug-likeness (QED) is 0.594. The highest BCUT2D eigenvalue weighted by Crippen LogP contribution is 2.35. The Balaban J connectivity index is 2.17. The van der Waals surface area contributed by atoms with Crippen LogP contribution in [0.2, 0.25) is 10.0 Å². The topological polar surface area (TPSA) is 85.2 Å². The van der Waals surface area contributed by atoms with Crippen molar-refractivity contribution in [1.82, 2.24) is 4.98 Å². The lowest BCUT2D eigenvalue weighted by Crippen LogP contribution is -2.24. The number of halogens is 2. The predicted octanol–water partition coefficient (Wildman–Crippen LogP) is 4.46. The van der Waals surface area contributed by atoms with E-state index in [1.54, 1.807) is 19.1 Å². The summed E-state index contributed by atoms with van der Waals surface area (Å²) in [6, 6.07) is 12.4. The summed E-state index contributed by atoms with van der Waals surface area (Å²) in [4.78, 5) is 27.7. The van der Waals surface area contributed by atoms with Gasteiger partial charge < -0.3 is 15.5 Å². The van der Waals surface area contributed by atoms with Crippen LogP contribution in [0.4, 0.5) is 0 Å². The van der Waals surface area contributed by atoms with Crippen molar-refractivity contribution >= 4 is 46.0 Å². The Hall–Kier alpha value is -2.50. The highest BCUT2D eigenvalue weighted by molar-refractivity contribution is 6.39. The molecule has 27 heavy (non-hydrogen) atoms.